The summed E-state index contributed by atoms with van der Waals surface area (Å²) in [6.45, 7) is 0. The van der Waals surface area contributed by atoms with Crippen molar-refractivity contribution in [1.82, 2.24) is 0 Å². The van der Waals surface area contributed by atoms with Gasteiger partial charge in [0.1, 0.15) is 5.75 Å². The molecular formula is C9H7NO2S. The van der Waals surface area contributed by atoms with Crippen LogP contribution in [-0.2, 0) is 0 Å². The SMILES string of the molecule is NC(=O)Oc1cccc2sccc12. The molecule has 0 spiro atoms. The minimum absolute atomic E-state index is 0.520. The van der Waals surface area contributed by atoms with E-state index in [-0.39, 0.29) is 0 Å². The number of primary amides is 1. The molecule has 66 valence electrons. The topological polar surface area (TPSA) is 52.3 Å². The Bertz CT molecular complexity index is 450. The molecule has 0 fully saturated rings. The third kappa shape index (κ3) is 1.48. The highest BCUT2D eigenvalue weighted by Gasteiger charge is 2.04. The van der Waals surface area contributed by atoms with Crippen molar-refractivity contribution in [2.24, 2.45) is 5.73 Å². The molecule has 4 heteroatoms. The van der Waals surface area contributed by atoms with Crippen molar-refractivity contribution >= 4 is 27.5 Å². The molecule has 0 saturated carbocycles. The number of fused-ring (bicyclic) bond motifs is 1. The summed E-state index contributed by atoms with van der Waals surface area (Å²) < 4.78 is 5.91. The number of hydrogen-bond acceptors (Lipinski definition) is 3. The number of nitrogens with two attached hydrogens (primary N) is 1. The molecular weight excluding hydrogens is 186 g/mol. The van der Waals surface area contributed by atoms with Gasteiger partial charge in [0.25, 0.3) is 0 Å². The van der Waals surface area contributed by atoms with E-state index in [0.717, 1.165) is 10.1 Å². The lowest BCUT2D eigenvalue weighted by Gasteiger charge is -2.00. The molecule has 2 aromatic rings. The van der Waals surface area contributed by atoms with Crippen LogP contribution in [0, 0.1) is 0 Å². The van der Waals surface area contributed by atoms with Gasteiger partial charge in [-0.15, -0.1) is 11.3 Å². The normalized spacial score (nSPS) is 10.2. The Balaban J connectivity index is 2.54. The van der Waals surface area contributed by atoms with Gasteiger partial charge in [0.05, 0.1) is 0 Å². The Morgan fingerprint density at radius 2 is 2.23 bits per heavy atom. The number of carbonyl (C=O) groups is 1. The fourth-order valence-corrected chi connectivity index (χ4v) is 1.97. The number of thiophene rings is 1. The third-order valence-corrected chi connectivity index (χ3v) is 2.55. The zero-order valence-electron chi connectivity index (χ0n) is 6.69. The van der Waals surface area contributed by atoms with Crippen LogP contribution in [-0.4, -0.2) is 6.09 Å². The van der Waals surface area contributed by atoms with E-state index in [1.54, 1.807) is 17.4 Å². The molecule has 1 amide bonds. The molecule has 0 aliphatic carbocycles. The van der Waals surface area contributed by atoms with Crippen LogP contribution >= 0.6 is 11.3 Å². The number of benzene rings is 1. The predicted molar refractivity (Wildman–Crippen MR) is 52.0 cm³/mol. The summed E-state index contributed by atoms with van der Waals surface area (Å²) in [5.74, 6) is 0.520. The summed E-state index contributed by atoms with van der Waals surface area (Å²) in [6.07, 6.45) is -0.779. The zero-order valence-corrected chi connectivity index (χ0v) is 7.51. The van der Waals surface area contributed by atoms with Crippen molar-refractivity contribution in [3.63, 3.8) is 0 Å². The first-order valence-corrected chi connectivity index (χ1v) is 4.59. The summed E-state index contributed by atoms with van der Waals surface area (Å²) in [5, 5.41) is 2.87. The number of amides is 1. The first kappa shape index (κ1) is 8.07. The fraction of sp³-hybridized carbons (Fsp3) is 0. The number of carbonyl (C=O) groups excluding carboxylic acids is 1. The minimum atomic E-state index is -0.779. The van der Waals surface area contributed by atoms with Crippen molar-refractivity contribution in [3.05, 3.63) is 29.6 Å². The van der Waals surface area contributed by atoms with Crippen LogP contribution in [0.15, 0.2) is 29.6 Å². The van der Waals surface area contributed by atoms with Gasteiger partial charge in [-0.25, -0.2) is 4.79 Å². The van der Waals surface area contributed by atoms with E-state index in [1.165, 1.54) is 0 Å². The van der Waals surface area contributed by atoms with E-state index in [0.29, 0.717) is 5.75 Å². The second-order valence-electron chi connectivity index (χ2n) is 2.51. The molecule has 1 heterocycles. The lowest BCUT2D eigenvalue weighted by atomic mass is 10.2. The molecule has 0 radical (unpaired) electrons. The Kier molecular flexibility index (Phi) is 1.90. The number of ether oxygens (including phenoxy) is 1. The maximum atomic E-state index is 10.5. The summed E-state index contributed by atoms with van der Waals surface area (Å²) in [7, 11) is 0. The van der Waals surface area contributed by atoms with E-state index in [1.807, 2.05) is 23.6 Å². The maximum absolute atomic E-state index is 10.5. The Hall–Kier alpha value is -1.55. The Morgan fingerprint density at radius 3 is 3.00 bits per heavy atom. The first-order chi connectivity index (χ1) is 6.27. The largest absolute Gasteiger partial charge is 0.410 e. The van der Waals surface area contributed by atoms with Gasteiger partial charge in [-0.1, -0.05) is 6.07 Å². The Morgan fingerprint density at radius 1 is 1.38 bits per heavy atom. The van der Waals surface area contributed by atoms with Crippen molar-refractivity contribution in [2.75, 3.05) is 0 Å². The van der Waals surface area contributed by atoms with Gasteiger partial charge in [-0.2, -0.15) is 0 Å². The van der Waals surface area contributed by atoms with Crippen LogP contribution in [0.3, 0.4) is 0 Å². The van der Waals surface area contributed by atoms with Crippen LogP contribution in [0.25, 0.3) is 10.1 Å². The van der Waals surface area contributed by atoms with Crippen molar-refractivity contribution in [3.8, 4) is 5.75 Å². The van der Waals surface area contributed by atoms with Gasteiger partial charge in [-0.05, 0) is 23.6 Å². The summed E-state index contributed by atoms with van der Waals surface area (Å²) in [4.78, 5) is 10.5. The average Bonchev–Trinajstić information content (AvgIpc) is 2.51. The molecule has 0 aliphatic rings. The van der Waals surface area contributed by atoms with Crippen molar-refractivity contribution < 1.29 is 9.53 Å². The highest BCUT2D eigenvalue weighted by molar-refractivity contribution is 7.17. The molecule has 1 aromatic heterocycles. The van der Waals surface area contributed by atoms with Gasteiger partial charge < -0.3 is 10.5 Å². The molecule has 1 aromatic carbocycles. The predicted octanol–water partition coefficient (Wildman–Crippen LogP) is 2.36. The molecule has 0 aliphatic heterocycles. The first-order valence-electron chi connectivity index (χ1n) is 3.71. The molecule has 13 heavy (non-hydrogen) atoms. The van der Waals surface area contributed by atoms with Crippen LogP contribution in [0.2, 0.25) is 0 Å². The highest BCUT2D eigenvalue weighted by atomic mass is 32.1. The molecule has 2 rings (SSSR count). The lowest BCUT2D eigenvalue weighted by molar-refractivity contribution is 0.211. The number of hydrogen-bond donors (Lipinski definition) is 1. The molecule has 0 bridgehead atoms. The summed E-state index contributed by atoms with van der Waals surface area (Å²) in [5.41, 5.74) is 4.93. The minimum Gasteiger partial charge on any atom is -0.410 e. The Labute approximate surface area is 78.7 Å². The quantitative estimate of drug-likeness (QED) is 0.755. The molecule has 0 saturated heterocycles. The van der Waals surface area contributed by atoms with Crippen LogP contribution in [0.4, 0.5) is 4.79 Å². The van der Waals surface area contributed by atoms with E-state index in [4.69, 9.17) is 10.5 Å². The molecule has 3 nitrogen and oxygen atoms in total. The van der Waals surface area contributed by atoms with Crippen LogP contribution < -0.4 is 10.5 Å². The smallest absolute Gasteiger partial charge is 0.409 e. The number of rotatable bonds is 1. The van der Waals surface area contributed by atoms with E-state index in [2.05, 4.69) is 0 Å². The fourth-order valence-electron chi connectivity index (χ4n) is 1.16. The van der Waals surface area contributed by atoms with Gasteiger partial charge in [0.15, 0.2) is 0 Å². The van der Waals surface area contributed by atoms with Crippen molar-refractivity contribution in [1.29, 1.82) is 0 Å². The summed E-state index contributed by atoms with van der Waals surface area (Å²) in [6, 6.07) is 7.42. The third-order valence-electron chi connectivity index (χ3n) is 1.67. The van der Waals surface area contributed by atoms with Gasteiger partial charge in [-0.3, -0.25) is 0 Å². The maximum Gasteiger partial charge on any atom is 0.409 e. The van der Waals surface area contributed by atoms with Crippen molar-refractivity contribution in [2.45, 2.75) is 0 Å². The standard InChI is InChI=1S/C9H7NO2S/c10-9(11)12-7-2-1-3-8-6(7)4-5-13-8/h1-5H,(H2,10,11). The monoisotopic (exact) mass is 193 g/mol. The molecule has 0 unspecified atom stereocenters. The average molecular weight is 193 g/mol. The van der Waals surface area contributed by atoms with E-state index >= 15 is 0 Å². The van der Waals surface area contributed by atoms with Gasteiger partial charge in [0, 0.05) is 10.1 Å². The molecule has 0 atom stereocenters. The van der Waals surface area contributed by atoms with Gasteiger partial charge in [0.2, 0.25) is 0 Å². The van der Waals surface area contributed by atoms with E-state index in [9.17, 15) is 4.79 Å². The lowest BCUT2D eigenvalue weighted by Crippen LogP contribution is -2.16. The highest BCUT2D eigenvalue weighted by Crippen LogP contribution is 2.29. The van der Waals surface area contributed by atoms with Crippen LogP contribution in [0.5, 0.6) is 5.75 Å². The zero-order chi connectivity index (χ0) is 9.26. The second-order valence-corrected chi connectivity index (χ2v) is 3.46. The summed E-state index contributed by atoms with van der Waals surface area (Å²) >= 11 is 1.60. The van der Waals surface area contributed by atoms with Gasteiger partial charge >= 0.3 is 6.09 Å². The second kappa shape index (κ2) is 3.06. The van der Waals surface area contributed by atoms with Crippen LogP contribution in [0.1, 0.15) is 0 Å². The molecule has 2 N–H and O–H groups in total. The van der Waals surface area contributed by atoms with E-state index < -0.39 is 6.09 Å².